The molecule has 7 nitrogen and oxygen atoms in total. The molecule has 1 saturated heterocycles. The Balaban J connectivity index is 2.22. The zero-order valence-electron chi connectivity index (χ0n) is 15.8. The summed E-state index contributed by atoms with van der Waals surface area (Å²) in [5.74, 6) is -1.00. The monoisotopic (exact) mass is 381 g/mol. The number of carbonyl (C=O) groups is 3. The highest BCUT2D eigenvalue weighted by Gasteiger charge is 2.27. The summed E-state index contributed by atoms with van der Waals surface area (Å²) >= 11 is 1.10. The van der Waals surface area contributed by atoms with Gasteiger partial charge in [0.1, 0.15) is 5.00 Å². The summed E-state index contributed by atoms with van der Waals surface area (Å²) < 4.78 is 5.10. The van der Waals surface area contributed by atoms with Crippen LogP contribution in [0.1, 0.15) is 58.7 Å². The predicted octanol–water partition coefficient (Wildman–Crippen LogP) is 2.41. The molecule has 0 aromatic carbocycles. The molecule has 0 bridgehead atoms. The molecule has 0 saturated carbocycles. The molecule has 144 valence electrons. The molecule has 1 aromatic rings. The molecular formula is C18H27N3O4S. The summed E-state index contributed by atoms with van der Waals surface area (Å²) in [5, 5.41) is 5.74. The number of carbonyl (C=O) groups excluding carboxylic acids is 3. The van der Waals surface area contributed by atoms with E-state index in [1.165, 1.54) is 13.5 Å². The Kier molecular flexibility index (Phi) is 7.16. The van der Waals surface area contributed by atoms with Crippen molar-refractivity contribution in [1.82, 2.24) is 10.2 Å². The molecule has 2 amide bonds. The Hall–Kier alpha value is -1.93. The van der Waals surface area contributed by atoms with E-state index in [1.54, 1.807) is 13.8 Å². The van der Waals surface area contributed by atoms with E-state index in [1.807, 2.05) is 0 Å². The van der Waals surface area contributed by atoms with E-state index in [0.29, 0.717) is 21.5 Å². The van der Waals surface area contributed by atoms with Gasteiger partial charge >= 0.3 is 5.97 Å². The third-order valence-corrected chi connectivity index (χ3v) is 5.81. The van der Waals surface area contributed by atoms with Crippen molar-refractivity contribution in [1.29, 1.82) is 0 Å². The van der Waals surface area contributed by atoms with Crippen LogP contribution in [-0.2, 0) is 9.53 Å². The molecule has 1 fully saturated rings. The average Bonchev–Trinajstić information content (AvgIpc) is 2.92. The van der Waals surface area contributed by atoms with Gasteiger partial charge in [-0.15, -0.1) is 11.3 Å². The Morgan fingerprint density at radius 1 is 1.31 bits per heavy atom. The lowest BCUT2D eigenvalue weighted by Crippen LogP contribution is -2.42. The zero-order chi connectivity index (χ0) is 19.3. The van der Waals surface area contributed by atoms with Crippen LogP contribution in [0.5, 0.6) is 0 Å². The minimum atomic E-state index is -0.530. The Labute approximate surface area is 158 Å². The molecule has 1 aromatic heterocycles. The van der Waals surface area contributed by atoms with E-state index in [0.717, 1.165) is 30.7 Å². The summed E-state index contributed by atoms with van der Waals surface area (Å²) in [7, 11) is 1.53. The quantitative estimate of drug-likeness (QED) is 0.739. The first-order valence-electron chi connectivity index (χ1n) is 8.95. The number of esters is 1. The van der Waals surface area contributed by atoms with E-state index in [2.05, 4.69) is 22.5 Å². The fourth-order valence-corrected chi connectivity index (χ4v) is 4.28. The maximum Gasteiger partial charge on any atom is 0.341 e. The van der Waals surface area contributed by atoms with Crippen molar-refractivity contribution in [2.24, 2.45) is 0 Å². The highest BCUT2D eigenvalue weighted by Crippen LogP contribution is 2.33. The van der Waals surface area contributed by atoms with Gasteiger partial charge in [-0.05, 0) is 45.7 Å². The Morgan fingerprint density at radius 3 is 2.65 bits per heavy atom. The molecule has 8 heteroatoms. The molecule has 2 rings (SSSR count). The van der Waals surface area contributed by atoms with Gasteiger partial charge in [0, 0.05) is 13.1 Å². The highest BCUT2D eigenvalue weighted by atomic mass is 32.1. The van der Waals surface area contributed by atoms with Crippen molar-refractivity contribution in [3.63, 3.8) is 0 Å². The smallest absolute Gasteiger partial charge is 0.341 e. The van der Waals surface area contributed by atoms with Crippen LogP contribution in [0.2, 0.25) is 0 Å². The van der Waals surface area contributed by atoms with Crippen molar-refractivity contribution >= 4 is 34.1 Å². The van der Waals surface area contributed by atoms with Crippen molar-refractivity contribution in [2.45, 2.75) is 46.1 Å². The van der Waals surface area contributed by atoms with Crippen LogP contribution in [0.4, 0.5) is 5.00 Å². The van der Waals surface area contributed by atoms with Gasteiger partial charge in [-0.25, -0.2) is 4.79 Å². The predicted molar refractivity (Wildman–Crippen MR) is 102 cm³/mol. The lowest BCUT2D eigenvalue weighted by Gasteiger charge is -2.32. The number of likely N-dealkylation sites (tertiary alicyclic amines) is 1. The van der Waals surface area contributed by atoms with Crippen LogP contribution < -0.4 is 10.6 Å². The summed E-state index contributed by atoms with van der Waals surface area (Å²) in [6.07, 6.45) is 3.36. The van der Waals surface area contributed by atoms with E-state index in [9.17, 15) is 14.4 Å². The van der Waals surface area contributed by atoms with Crippen LogP contribution in [0, 0.1) is 6.92 Å². The minimum Gasteiger partial charge on any atom is -0.462 e. The highest BCUT2D eigenvalue weighted by molar-refractivity contribution is 7.18. The first-order valence-corrected chi connectivity index (χ1v) is 9.77. The maximum atomic E-state index is 12.5. The van der Waals surface area contributed by atoms with E-state index in [-0.39, 0.29) is 30.5 Å². The van der Waals surface area contributed by atoms with Crippen molar-refractivity contribution < 1.29 is 19.1 Å². The van der Waals surface area contributed by atoms with Crippen molar-refractivity contribution in [3.05, 3.63) is 16.0 Å². The summed E-state index contributed by atoms with van der Waals surface area (Å²) in [6.45, 7) is 6.92. The second-order valence-electron chi connectivity index (χ2n) is 6.42. The van der Waals surface area contributed by atoms with Crippen LogP contribution >= 0.6 is 11.3 Å². The second kappa shape index (κ2) is 9.14. The minimum absolute atomic E-state index is 0.186. The van der Waals surface area contributed by atoms with Crippen LogP contribution in [0.3, 0.4) is 0 Å². The molecule has 2 N–H and O–H groups in total. The fourth-order valence-electron chi connectivity index (χ4n) is 3.12. The van der Waals surface area contributed by atoms with E-state index in [4.69, 9.17) is 4.74 Å². The van der Waals surface area contributed by atoms with E-state index >= 15 is 0 Å². The summed E-state index contributed by atoms with van der Waals surface area (Å²) in [4.78, 5) is 39.4. The van der Waals surface area contributed by atoms with Crippen molar-refractivity contribution in [3.8, 4) is 0 Å². The number of piperidine rings is 1. The van der Waals surface area contributed by atoms with Gasteiger partial charge in [0.05, 0.1) is 23.6 Å². The number of hydrogen-bond donors (Lipinski definition) is 2. The van der Waals surface area contributed by atoms with Gasteiger partial charge in [0.2, 0.25) is 5.91 Å². The number of rotatable bonds is 6. The molecule has 1 atom stereocenters. The molecular weight excluding hydrogens is 354 g/mol. The normalized spacial score (nSPS) is 17.6. The number of anilines is 1. The first-order chi connectivity index (χ1) is 12.4. The van der Waals surface area contributed by atoms with Crippen LogP contribution in [-0.4, -0.2) is 55.5 Å². The molecule has 26 heavy (non-hydrogen) atoms. The number of amides is 2. The van der Waals surface area contributed by atoms with Gasteiger partial charge in [0.15, 0.2) is 0 Å². The number of ether oxygens (including phenoxy) is 1. The van der Waals surface area contributed by atoms with Crippen LogP contribution in [0.25, 0.3) is 0 Å². The number of hydrogen-bond acceptors (Lipinski definition) is 6. The third-order valence-electron chi connectivity index (χ3n) is 4.60. The molecule has 0 spiro atoms. The second-order valence-corrected chi connectivity index (χ2v) is 7.44. The largest absolute Gasteiger partial charge is 0.462 e. The Morgan fingerprint density at radius 2 is 2.04 bits per heavy atom. The zero-order valence-corrected chi connectivity index (χ0v) is 16.6. The van der Waals surface area contributed by atoms with E-state index < -0.39 is 5.97 Å². The molecule has 0 radical (unpaired) electrons. The SMILES string of the molecule is CCOC(=O)c1c(NC(=O)CN2CCCC[C@H]2C)sc(C(=O)NC)c1C. The average molecular weight is 381 g/mol. The lowest BCUT2D eigenvalue weighted by molar-refractivity contribution is -0.118. The van der Waals surface area contributed by atoms with Crippen LogP contribution in [0.15, 0.2) is 0 Å². The van der Waals surface area contributed by atoms with Gasteiger partial charge in [0.25, 0.3) is 5.91 Å². The Bertz CT molecular complexity index is 686. The first kappa shape index (κ1) is 20.4. The number of nitrogens with one attached hydrogen (secondary N) is 2. The fraction of sp³-hybridized carbons (Fsp3) is 0.611. The molecule has 1 aliphatic heterocycles. The molecule has 0 aliphatic carbocycles. The molecule has 1 aliphatic rings. The van der Waals surface area contributed by atoms with Gasteiger partial charge in [-0.1, -0.05) is 6.42 Å². The van der Waals surface area contributed by atoms with Gasteiger partial charge < -0.3 is 15.4 Å². The number of nitrogens with zero attached hydrogens (tertiary/aromatic N) is 1. The third kappa shape index (κ3) is 4.62. The van der Waals surface area contributed by atoms with Gasteiger partial charge in [-0.2, -0.15) is 0 Å². The van der Waals surface area contributed by atoms with Gasteiger partial charge in [-0.3, -0.25) is 14.5 Å². The summed E-state index contributed by atoms with van der Waals surface area (Å²) in [6, 6.07) is 0.366. The number of thiophene rings is 1. The topological polar surface area (TPSA) is 87.7 Å². The van der Waals surface area contributed by atoms with Crippen molar-refractivity contribution in [2.75, 3.05) is 32.1 Å². The molecule has 2 heterocycles. The lowest BCUT2D eigenvalue weighted by atomic mass is 10.0. The summed E-state index contributed by atoms with van der Waals surface area (Å²) in [5.41, 5.74) is 0.782. The molecule has 0 unspecified atom stereocenters. The standard InChI is InChI=1S/C18H27N3O4S/c1-5-25-18(24)14-12(3)15(16(23)19-4)26-17(14)20-13(22)10-21-9-7-6-8-11(21)2/h11H,5-10H2,1-4H3,(H,19,23)(H,20,22)/t11-/m1/s1. The maximum absolute atomic E-state index is 12.5.